The van der Waals surface area contributed by atoms with Gasteiger partial charge in [-0.1, -0.05) is 18.2 Å². The van der Waals surface area contributed by atoms with Crippen molar-refractivity contribution in [3.63, 3.8) is 0 Å². The number of fused-ring (bicyclic) bond motifs is 2. The Kier molecular flexibility index (Phi) is 3.63. The Bertz CT molecular complexity index is 514. The summed E-state index contributed by atoms with van der Waals surface area (Å²) in [6.07, 6.45) is 4.59. The first kappa shape index (κ1) is 13.7. The summed E-state index contributed by atoms with van der Waals surface area (Å²) in [7, 11) is 2.17. The number of benzene rings is 1. The van der Waals surface area contributed by atoms with Crippen LogP contribution >= 0.6 is 0 Å². The first-order valence-corrected chi connectivity index (χ1v) is 7.55. The van der Waals surface area contributed by atoms with E-state index in [2.05, 4.69) is 11.9 Å². The Hall–Kier alpha value is -1.22. The Labute approximate surface area is 120 Å². The molecule has 2 saturated heterocycles. The van der Waals surface area contributed by atoms with Gasteiger partial charge in [-0.05, 0) is 50.8 Å². The van der Waals surface area contributed by atoms with Crippen LogP contribution in [0.4, 0.5) is 4.39 Å². The van der Waals surface area contributed by atoms with E-state index in [-0.39, 0.29) is 23.9 Å². The molecule has 2 heterocycles. The zero-order chi connectivity index (χ0) is 14.3. The SMILES string of the molecule is Cc1cccc(CC(=O)C2CC3CCC(C2)N3C)c1F. The molecular weight excluding hydrogens is 253 g/mol. The van der Waals surface area contributed by atoms with E-state index < -0.39 is 0 Å². The average molecular weight is 275 g/mol. The third-order valence-electron chi connectivity index (χ3n) is 5.19. The number of rotatable bonds is 3. The van der Waals surface area contributed by atoms with Crippen LogP contribution in [0.2, 0.25) is 0 Å². The molecule has 2 aliphatic rings. The fourth-order valence-electron chi connectivity index (χ4n) is 3.85. The van der Waals surface area contributed by atoms with E-state index in [0.717, 1.165) is 12.8 Å². The van der Waals surface area contributed by atoms with Crippen molar-refractivity contribution in [1.29, 1.82) is 0 Å². The highest BCUT2D eigenvalue weighted by Gasteiger charge is 2.40. The number of halogens is 1. The predicted octanol–water partition coefficient (Wildman–Crippen LogP) is 3.12. The molecule has 2 unspecified atom stereocenters. The van der Waals surface area contributed by atoms with Gasteiger partial charge in [0.25, 0.3) is 0 Å². The van der Waals surface area contributed by atoms with Crippen molar-refractivity contribution in [2.45, 2.75) is 51.1 Å². The molecule has 108 valence electrons. The molecule has 0 aromatic heterocycles. The van der Waals surface area contributed by atoms with Crippen LogP contribution in [0.1, 0.15) is 36.8 Å². The summed E-state index contributed by atoms with van der Waals surface area (Å²) >= 11 is 0. The van der Waals surface area contributed by atoms with E-state index >= 15 is 0 Å². The van der Waals surface area contributed by atoms with Crippen molar-refractivity contribution < 1.29 is 9.18 Å². The lowest BCUT2D eigenvalue weighted by molar-refractivity contribution is -0.124. The van der Waals surface area contributed by atoms with Gasteiger partial charge in [0, 0.05) is 24.4 Å². The number of ketones is 1. The third-order valence-corrected chi connectivity index (χ3v) is 5.19. The molecule has 2 aliphatic heterocycles. The van der Waals surface area contributed by atoms with E-state index in [9.17, 15) is 9.18 Å². The van der Waals surface area contributed by atoms with E-state index in [1.165, 1.54) is 12.8 Å². The zero-order valence-corrected chi connectivity index (χ0v) is 12.2. The van der Waals surface area contributed by atoms with Crippen molar-refractivity contribution >= 4 is 5.78 Å². The van der Waals surface area contributed by atoms with Gasteiger partial charge in [-0.25, -0.2) is 4.39 Å². The van der Waals surface area contributed by atoms with Crippen molar-refractivity contribution in [3.05, 3.63) is 35.1 Å². The fourth-order valence-corrected chi connectivity index (χ4v) is 3.85. The minimum absolute atomic E-state index is 0.128. The van der Waals surface area contributed by atoms with Gasteiger partial charge in [-0.15, -0.1) is 0 Å². The lowest BCUT2D eigenvalue weighted by Gasteiger charge is -2.35. The molecule has 2 atom stereocenters. The summed E-state index contributed by atoms with van der Waals surface area (Å²) in [5, 5.41) is 0. The Balaban J connectivity index is 1.70. The van der Waals surface area contributed by atoms with Gasteiger partial charge in [0.15, 0.2) is 0 Å². The van der Waals surface area contributed by atoms with Crippen LogP contribution in [0.15, 0.2) is 18.2 Å². The van der Waals surface area contributed by atoms with Crippen LogP contribution in [-0.4, -0.2) is 29.8 Å². The second kappa shape index (κ2) is 5.28. The molecule has 2 bridgehead atoms. The monoisotopic (exact) mass is 275 g/mol. The molecule has 0 saturated carbocycles. The topological polar surface area (TPSA) is 20.3 Å². The molecule has 3 rings (SSSR count). The highest BCUT2D eigenvalue weighted by Crippen LogP contribution is 2.38. The first-order chi connectivity index (χ1) is 9.56. The largest absolute Gasteiger partial charge is 0.300 e. The van der Waals surface area contributed by atoms with E-state index in [0.29, 0.717) is 23.2 Å². The maximum absolute atomic E-state index is 14.0. The molecular formula is C17H22FNO. The van der Waals surface area contributed by atoms with Gasteiger partial charge >= 0.3 is 0 Å². The maximum Gasteiger partial charge on any atom is 0.140 e. The molecule has 0 spiro atoms. The fraction of sp³-hybridized carbons (Fsp3) is 0.588. The minimum Gasteiger partial charge on any atom is -0.300 e. The van der Waals surface area contributed by atoms with Crippen molar-refractivity contribution in [1.82, 2.24) is 4.90 Å². The Morgan fingerprint density at radius 2 is 1.95 bits per heavy atom. The van der Waals surface area contributed by atoms with Crippen LogP contribution in [0.5, 0.6) is 0 Å². The number of aryl methyl sites for hydroxylation is 1. The van der Waals surface area contributed by atoms with E-state index in [1.54, 1.807) is 19.1 Å². The average Bonchev–Trinajstić information content (AvgIpc) is 2.66. The Morgan fingerprint density at radius 1 is 1.30 bits per heavy atom. The van der Waals surface area contributed by atoms with Crippen molar-refractivity contribution in [2.24, 2.45) is 5.92 Å². The predicted molar refractivity (Wildman–Crippen MR) is 77.1 cm³/mol. The van der Waals surface area contributed by atoms with Gasteiger partial charge in [0.2, 0.25) is 0 Å². The second-order valence-corrected chi connectivity index (χ2v) is 6.41. The summed E-state index contributed by atoms with van der Waals surface area (Å²) in [4.78, 5) is 14.9. The standard InChI is InChI=1S/C17H22FNO/c1-11-4-3-5-12(17(11)18)10-16(20)13-8-14-6-7-15(9-13)19(14)2/h3-5,13-15H,6-10H2,1-2H3. The summed E-state index contributed by atoms with van der Waals surface area (Å²) < 4.78 is 14.0. The molecule has 0 N–H and O–H groups in total. The summed E-state index contributed by atoms with van der Waals surface area (Å²) in [6.45, 7) is 1.75. The summed E-state index contributed by atoms with van der Waals surface area (Å²) in [6, 6.07) is 6.44. The quantitative estimate of drug-likeness (QED) is 0.844. The number of nitrogens with zero attached hydrogens (tertiary/aromatic N) is 1. The number of piperidine rings is 1. The smallest absolute Gasteiger partial charge is 0.140 e. The summed E-state index contributed by atoms with van der Waals surface area (Å²) in [5.74, 6) is 0.139. The molecule has 0 radical (unpaired) electrons. The number of hydrogen-bond acceptors (Lipinski definition) is 2. The molecule has 0 aliphatic carbocycles. The maximum atomic E-state index is 14.0. The molecule has 20 heavy (non-hydrogen) atoms. The lowest BCUT2D eigenvalue weighted by Crippen LogP contribution is -2.42. The first-order valence-electron chi connectivity index (χ1n) is 7.55. The highest BCUT2D eigenvalue weighted by molar-refractivity contribution is 5.83. The number of carbonyl (C=O) groups is 1. The van der Waals surface area contributed by atoms with E-state index in [1.807, 2.05) is 6.07 Å². The van der Waals surface area contributed by atoms with Gasteiger partial charge < -0.3 is 4.90 Å². The number of Topliss-reactive ketones (excluding diaryl/α,β-unsaturated/α-hetero) is 1. The third kappa shape index (κ3) is 2.39. The molecule has 3 heteroatoms. The van der Waals surface area contributed by atoms with Crippen molar-refractivity contribution in [2.75, 3.05) is 7.05 Å². The van der Waals surface area contributed by atoms with Crippen molar-refractivity contribution in [3.8, 4) is 0 Å². The molecule has 2 nitrogen and oxygen atoms in total. The highest BCUT2D eigenvalue weighted by atomic mass is 19.1. The second-order valence-electron chi connectivity index (χ2n) is 6.41. The molecule has 1 aromatic rings. The van der Waals surface area contributed by atoms with Gasteiger partial charge in [0.1, 0.15) is 11.6 Å². The van der Waals surface area contributed by atoms with Gasteiger partial charge in [-0.2, -0.15) is 0 Å². The van der Waals surface area contributed by atoms with Crippen LogP contribution in [-0.2, 0) is 11.2 Å². The minimum atomic E-state index is -0.211. The van der Waals surface area contributed by atoms with Gasteiger partial charge in [-0.3, -0.25) is 4.79 Å². The number of hydrogen-bond donors (Lipinski definition) is 0. The van der Waals surface area contributed by atoms with Crippen LogP contribution in [0, 0.1) is 18.7 Å². The van der Waals surface area contributed by atoms with Crippen LogP contribution < -0.4 is 0 Å². The van der Waals surface area contributed by atoms with Crippen LogP contribution in [0.25, 0.3) is 0 Å². The molecule has 2 fully saturated rings. The van der Waals surface area contributed by atoms with Crippen LogP contribution in [0.3, 0.4) is 0 Å². The lowest BCUT2D eigenvalue weighted by atomic mass is 9.85. The van der Waals surface area contributed by atoms with E-state index in [4.69, 9.17) is 0 Å². The number of carbonyl (C=O) groups excluding carboxylic acids is 1. The molecule has 1 aromatic carbocycles. The normalized spacial score (nSPS) is 29.6. The van der Waals surface area contributed by atoms with Gasteiger partial charge in [0.05, 0.1) is 0 Å². The Morgan fingerprint density at radius 3 is 2.60 bits per heavy atom. The molecule has 0 amide bonds. The summed E-state index contributed by atoms with van der Waals surface area (Å²) in [5.41, 5.74) is 1.18. The zero-order valence-electron chi connectivity index (χ0n) is 12.2.